The van der Waals surface area contributed by atoms with E-state index in [0.717, 1.165) is 33.4 Å². The van der Waals surface area contributed by atoms with Crippen molar-refractivity contribution in [2.75, 3.05) is 6.54 Å². The van der Waals surface area contributed by atoms with Crippen molar-refractivity contribution in [3.05, 3.63) is 113 Å². The molecule has 0 saturated carbocycles. The molecule has 0 spiro atoms. The first-order chi connectivity index (χ1) is 15.6. The molecule has 0 bridgehead atoms. The number of thioether (sulfide) groups is 1. The maximum absolute atomic E-state index is 13.2. The quantitative estimate of drug-likeness (QED) is 0.486. The summed E-state index contributed by atoms with van der Waals surface area (Å²) in [7, 11) is 0. The summed E-state index contributed by atoms with van der Waals surface area (Å²) in [6.07, 6.45) is 1.68. The Morgan fingerprint density at radius 2 is 1.28 bits per heavy atom. The molecule has 4 rings (SSSR count). The van der Waals surface area contributed by atoms with Crippen molar-refractivity contribution in [1.82, 2.24) is 9.80 Å². The molecule has 6 heteroatoms. The summed E-state index contributed by atoms with van der Waals surface area (Å²) in [5.74, 6) is -0.711. The third kappa shape index (κ3) is 5.34. The van der Waals surface area contributed by atoms with Gasteiger partial charge in [-0.25, -0.2) is 0 Å². The molecule has 0 unspecified atom stereocenters. The van der Waals surface area contributed by atoms with Crippen LogP contribution in [0.3, 0.4) is 0 Å². The molecular weight excluding hydrogens is 420 g/mol. The average molecular weight is 443 g/mol. The van der Waals surface area contributed by atoms with Gasteiger partial charge >= 0.3 is 0 Å². The normalized spacial score (nSPS) is 14.8. The van der Waals surface area contributed by atoms with Crippen molar-refractivity contribution in [2.24, 2.45) is 0 Å². The molecule has 1 saturated heterocycles. The summed E-state index contributed by atoms with van der Waals surface area (Å²) in [4.78, 5) is 41.6. The Kier molecular flexibility index (Phi) is 6.82. The van der Waals surface area contributed by atoms with Gasteiger partial charge in [-0.3, -0.25) is 19.3 Å². The number of rotatable bonds is 7. The lowest BCUT2D eigenvalue weighted by Gasteiger charge is -2.25. The molecule has 3 aromatic rings. The first-order valence-corrected chi connectivity index (χ1v) is 11.1. The fourth-order valence-electron chi connectivity index (χ4n) is 3.41. The van der Waals surface area contributed by atoms with Gasteiger partial charge in [-0.1, -0.05) is 91.0 Å². The monoisotopic (exact) mass is 442 g/mol. The minimum atomic E-state index is -0.434. The van der Waals surface area contributed by atoms with Gasteiger partial charge in [-0.05, 0) is 34.5 Å². The number of amides is 3. The maximum Gasteiger partial charge on any atom is 0.294 e. The van der Waals surface area contributed by atoms with Gasteiger partial charge in [0.15, 0.2) is 0 Å². The topological polar surface area (TPSA) is 57.7 Å². The van der Waals surface area contributed by atoms with Gasteiger partial charge in [0, 0.05) is 13.1 Å². The van der Waals surface area contributed by atoms with Gasteiger partial charge in [-0.2, -0.15) is 0 Å². The van der Waals surface area contributed by atoms with Gasteiger partial charge in [-0.15, -0.1) is 0 Å². The Balaban J connectivity index is 1.51. The van der Waals surface area contributed by atoms with Crippen molar-refractivity contribution in [2.45, 2.75) is 13.1 Å². The average Bonchev–Trinajstić information content (AvgIpc) is 3.08. The van der Waals surface area contributed by atoms with E-state index in [0.29, 0.717) is 18.0 Å². The lowest BCUT2D eigenvalue weighted by molar-refractivity contribution is -0.136. The highest BCUT2D eigenvalue weighted by atomic mass is 32.2. The van der Waals surface area contributed by atoms with Crippen molar-refractivity contribution in [1.29, 1.82) is 0 Å². The predicted molar refractivity (Wildman–Crippen MR) is 126 cm³/mol. The van der Waals surface area contributed by atoms with Crippen molar-refractivity contribution in [3.8, 4) is 0 Å². The third-order valence-electron chi connectivity index (χ3n) is 5.05. The molecule has 1 heterocycles. The maximum atomic E-state index is 13.2. The Morgan fingerprint density at radius 3 is 1.81 bits per heavy atom. The lowest BCUT2D eigenvalue weighted by Crippen LogP contribution is -2.41. The first kappa shape index (κ1) is 21.6. The van der Waals surface area contributed by atoms with Crippen LogP contribution in [0, 0.1) is 0 Å². The molecule has 3 amide bonds. The van der Waals surface area contributed by atoms with Crippen LogP contribution in [-0.2, 0) is 22.7 Å². The van der Waals surface area contributed by atoms with E-state index in [1.54, 1.807) is 11.0 Å². The Morgan fingerprint density at radius 1 is 0.781 bits per heavy atom. The van der Waals surface area contributed by atoms with Crippen LogP contribution in [0.5, 0.6) is 0 Å². The van der Waals surface area contributed by atoms with E-state index in [1.165, 1.54) is 0 Å². The lowest BCUT2D eigenvalue weighted by atomic mass is 10.1. The SMILES string of the molecule is O=C(CN1C(=O)S/C(=C/c2ccccc2)C1=O)N(Cc1ccccc1)Cc1ccccc1. The van der Waals surface area contributed by atoms with E-state index in [2.05, 4.69) is 0 Å². The second kappa shape index (κ2) is 10.1. The van der Waals surface area contributed by atoms with Crippen molar-refractivity contribution < 1.29 is 14.4 Å². The molecule has 0 aromatic heterocycles. The zero-order valence-corrected chi connectivity index (χ0v) is 18.2. The highest BCUT2D eigenvalue weighted by Gasteiger charge is 2.37. The van der Waals surface area contributed by atoms with Crippen LogP contribution in [0.1, 0.15) is 16.7 Å². The fraction of sp³-hybridized carbons (Fsp3) is 0.115. The molecule has 3 aromatic carbocycles. The highest BCUT2D eigenvalue weighted by molar-refractivity contribution is 8.18. The molecule has 0 radical (unpaired) electrons. The van der Waals surface area contributed by atoms with Gasteiger partial charge in [0.25, 0.3) is 11.1 Å². The zero-order chi connectivity index (χ0) is 22.3. The zero-order valence-electron chi connectivity index (χ0n) is 17.4. The summed E-state index contributed by atoms with van der Waals surface area (Å²) < 4.78 is 0. The summed E-state index contributed by atoms with van der Waals surface area (Å²) in [5, 5.41) is -0.426. The van der Waals surface area contributed by atoms with E-state index in [4.69, 9.17) is 0 Å². The Bertz CT molecular complexity index is 1090. The second-order valence-corrected chi connectivity index (χ2v) is 8.39. The molecule has 5 nitrogen and oxygen atoms in total. The van der Waals surface area contributed by atoms with Crippen molar-refractivity contribution >= 4 is 34.9 Å². The van der Waals surface area contributed by atoms with Crippen LogP contribution in [0.4, 0.5) is 4.79 Å². The highest BCUT2D eigenvalue weighted by Crippen LogP contribution is 2.32. The molecule has 0 N–H and O–H groups in total. The summed E-state index contributed by atoms with van der Waals surface area (Å²) in [5.41, 5.74) is 2.80. The van der Waals surface area contributed by atoms with Crippen LogP contribution < -0.4 is 0 Å². The summed E-state index contributed by atoms with van der Waals surface area (Å²) >= 11 is 0.866. The van der Waals surface area contributed by atoms with E-state index in [9.17, 15) is 14.4 Å². The van der Waals surface area contributed by atoms with Gasteiger partial charge in [0.1, 0.15) is 6.54 Å². The predicted octanol–water partition coefficient (Wildman–Crippen LogP) is 4.95. The summed E-state index contributed by atoms with van der Waals surface area (Å²) in [6, 6.07) is 28.7. The Hall–Kier alpha value is -3.64. The molecule has 160 valence electrons. The minimum Gasteiger partial charge on any atom is -0.332 e. The molecular formula is C26H22N2O3S. The number of carbonyl (C=O) groups excluding carboxylic acids is 3. The van der Waals surface area contributed by atoms with Crippen LogP contribution in [0.25, 0.3) is 6.08 Å². The molecule has 0 aliphatic carbocycles. The minimum absolute atomic E-state index is 0.277. The third-order valence-corrected chi connectivity index (χ3v) is 5.96. The van der Waals surface area contributed by atoms with Crippen LogP contribution in [-0.4, -0.2) is 33.4 Å². The number of benzene rings is 3. The molecule has 1 aliphatic rings. The largest absolute Gasteiger partial charge is 0.332 e. The van der Waals surface area contributed by atoms with Gasteiger partial charge in [0.05, 0.1) is 4.91 Å². The number of imide groups is 1. The summed E-state index contributed by atoms with van der Waals surface area (Å²) in [6.45, 7) is 0.506. The number of carbonyl (C=O) groups is 3. The van der Waals surface area contributed by atoms with Crippen LogP contribution >= 0.6 is 11.8 Å². The molecule has 1 aliphatic heterocycles. The molecule has 1 fully saturated rings. The fourth-order valence-corrected chi connectivity index (χ4v) is 4.25. The van der Waals surface area contributed by atoms with E-state index in [-0.39, 0.29) is 12.5 Å². The molecule has 32 heavy (non-hydrogen) atoms. The number of nitrogens with zero attached hydrogens (tertiary/aromatic N) is 2. The number of hydrogen-bond donors (Lipinski definition) is 0. The van der Waals surface area contributed by atoms with Crippen LogP contribution in [0.15, 0.2) is 95.9 Å². The Labute approximate surface area is 191 Å². The number of hydrogen-bond acceptors (Lipinski definition) is 4. The van der Waals surface area contributed by atoms with E-state index >= 15 is 0 Å². The second-order valence-electron chi connectivity index (χ2n) is 7.40. The molecule has 0 atom stereocenters. The van der Waals surface area contributed by atoms with Gasteiger partial charge < -0.3 is 4.90 Å². The first-order valence-electron chi connectivity index (χ1n) is 10.3. The smallest absolute Gasteiger partial charge is 0.294 e. The van der Waals surface area contributed by atoms with Crippen molar-refractivity contribution in [3.63, 3.8) is 0 Å². The van der Waals surface area contributed by atoms with Crippen LogP contribution in [0.2, 0.25) is 0 Å². The van der Waals surface area contributed by atoms with Gasteiger partial charge in [0.2, 0.25) is 5.91 Å². The van der Waals surface area contributed by atoms with E-state index in [1.807, 2.05) is 91.0 Å². The standard InChI is InChI=1S/C26H22N2O3S/c29-24(19-28-25(30)23(32-26(28)31)16-20-10-4-1-5-11-20)27(17-21-12-6-2-7-13-21)18-22-14-8-3-9-15-22/h1-16H,17-19H2/b23-16+. The van der Waals surface area contributed by atoms with E-state index < -0.39 is 11.1 Å².